The summed E-state index contributed by atoms with van der Waals surface area (Å²) in [6.45, 7) is 0. The molecular formula is C12H9F3N4S. The average Bonchev–Trinajstić information content (AvgIpc) is 2.98. The van der Waals surface area contributed by atoms with Gasteiger partial charge in [-0.05, 0) is 18.2 Å². The maximum atomic E-state index is 12.8. The predicted molar refractivity (Wildman–Crippen MR) is 71.1 cm³/mol. The van der Waals surface area contributed by atoms with Gasteiger partial charge in [-0.1, -0.05) is 0 Å². The Morgan fingerprint density at radius 3 is 2.75 bits per heavy atom. The number of hydrogen-bond donors (Lipinski definition) is 1. The number of nitrogens with zero attached hydrogens (tertiary/aromatic N) is 3. The highest BCUT2D eigenvalue weighted by molar-refractivity contribution is 7.13. The summed E-state index contributed by atoms with van der Waals surface area (Å²) in [6, 6.07) is 3.56. The van der Waals surface area contributed by atoms with Crippen LogP contribution in [0.5, 0.6) is 0 Å². The first-order chi connectivity index (χ1) is 9.45. The van der Waals surface area contributed by atoms with Crippen molar-refractivity contribution in [3.63, 3.8) is 0 Å². The van der Waals surface area contributed by atoms with Gasteiger partial charge in [-0.25, -0.2) is 4.98 Å². The molecule has 2 heterocycles. The zero-order valence-electron chi connectivity index (χ0n) is 10.3. The third-order valence-corrected chi connectivity index (χ3v) is 3.52. The Labute approximate surface area is 115 Å². The summed E-state index contributed by atoms with van der Waals surface area (Å²) in [5, 5.41) is 9.90. The minimum Gasteiger partial charge on any atom is -0.314 e. The highest BCUT2D eigenvalue weighted by atomic mass is 32.1. The molecule has 0 radical (unpaired) electrons. The number of anilines is 2. The van der Waals surface area contributed by atoms with E-state index >= 15 is 0 Å². The number of alkyl halides is 3. The lowest BCUT2D eigenvalue weighted by Gasteiger charge is -2.06. The van der Waals surface area contributed by atoms with Crippen LogP contribution in [-0.2, 0) is 13.2 Å². The molecule has 0 saturated heterocycles. The van der Waals surface area contributed by atoms with Crippen molar-refractivity contribution >= 4 is 33.2 Å². The molecule has 2 aromatic heterocycles. The third-order valence-electron chi connectivity index (χ3n) is 2.84. The van der Waals surface area contributed by atoms with Crippen LogP contribution in [0.4, 0.5) is 24.1 Å². The van der Waals surface area contributed by atoms with E-state index in [-0.39, 0.29) is 0 Å². The Hall–Kier alpha value is -2.09. The fourth-order valence-corrected chi connectivity index (χ4v) is 2.45. The Morgan fingerprint density at radius 2 is 2.10 bits per heavy atom. The lowest BCUT2D eigenvalue weighted by atomic mass is 10.1. The van der Waals surface area contributed by atoms with Gasteiger partial charge >= 0.3 is 6.18 Å². The first-order valence-corrected chi connectivity index (χ1v) is 6.53. The summed E-state index contributed by atoms with van der Waals surface area (Å²) >= 11 is 1.35. The van der Waals surface area contributed by atoms with Crippen molar-refractivity contribution in [2.45, 2.75) is 6.18 Å². The Bertz CT molecular complexity index is 746. The molecule has 0 aliphatic rings. The SMILES string of the molecule is Cn1nc(Nc2nccs2)c2cc(C(F)(F)F)ccc21. The summed E-state index contributed by atoms with van der Waals surface area (Å²) in [6.07, 6.45) is -2.76. The van der Waals surface area contributed by atoms with Gasteiger partial charge in [0.15, 0.2) is 10.9 Å². The highest BCUT2D eigenvalue weighted by Gasteiger charge is 2.31. The number of benzene rings is 1. The molecule has 3 rings (SSSR count). The third kappa shape index (κ3) is 2.22. The van der Waals surface area contributed by atoms with Gasteiger partial charge in [0.05, 0.1) is 11.1 Å². The van der Waals surface area contributed by atoms with Gasteiger partial charge in [0.25, 0.3) is 0 Å². The first kappa shape index (κ1) is 12.9. The largest absolute Gasteiger partial charge is 0.416 e. The number of fused-ring (bicyclic) bond motifs is 1. The standard InChI is InChI=1S/C12H9F3N4S/c1-19-9-3-2-7(12(13,14)15)6-8(9)10(18-19)17-11-16-4-5-20-11/h2-6H,1H3,(H,16,17,18). The van der Waals surface area contributed by atoms with Crippen LogP contribution >= 0.6 is 11.3 Å². The highest BCUT2D eigenvalue weighted by Crippen LogP contribution is 2.34. The number of aromatic nitrogens is 3. The van der Waals surface area contributed by atoms with Gasteiger partial charge in [-0.2, -0.15) is 18.3 Å². The first-order valence-electron chi connectivity index (χ1n) is 5.65. The van der Waals surface area contributed by atoms with E-state index in [1.54, 1.807) is 18.6 Å². The van der Waals surface area contributed by atoms with Crippen LogP contribution in [0.15, 0.2) is 29.8 Å². The summed E-state index contributed by atoms with van der Waals surface area (Å²) in [7, 11) is 1.68. The van der Waals surface area contributed by atoms with Crippen LogP contribution in [0.2, 0.25) is 0 Å². The van der Waals surface area contributed by atoms with Crippen molar-refractivity contribution in [2.75, 3.05) is 5.32 Å². The van der Waals surface area contributed by atoms with Crippen LogP contribution in [0.1, 0.15) is 5.56 Å². The molecule has 0 saturated carbocycles. The van der Waals surface area contributed by atoms with Crippen molar-refractivity contribution in [1.29, 1.82) is 0 Å². The summed E-state index contributed by atoms with van der Waals surface area (Å²) < 4.78 is 39.9. The Balaban J connectivity index is 2.12. The van der Waals surface area contributed by atoms with E-state index in [1.165, 1.54) is 22.1 Å². The van der Waals surface area contributed by atoms with E-state index in [1.807, 2.05) is 0 Å². The molecule has 4 nitrogen and oxygen atoms in total. The number of rotatable bonds is 2. The second-order valence-electron chi connectivity index (χ2n) is 4.16. The molecule has 20 heavy (non-hydrogen) atoms. The molecule has 0 amide bonds. The molecular weight excluding hydrogens is 289 g/mol. The molecule has 104 valence electrons. The van der Waals surface area contributed by atoms with Crippen molar-refractivity contribution in [3.05, 3.63) is 35.3 Å². The normalized spacial score (nSPS) is 12.0. The molecule has 0 unspecified atom stereocenters. The van der Waals surface area contributed by atoms with E-state index in [0.717, 1.165) is 12.1 Å². The Morgan fingerprint density at radius 1 is 1.30 bits per heavy atom. The Kier molecular flexibility index (Phi) is 2.89. The molecule has 0 bridgehead atoms. The summed E-state index contributed by atoms with van der Waals surface area (Å²) in [5.41, 5.74) is -0.0720. The van der Waals surface area contributed by atoms with Crippen LogP contribution in [0.3, 0.4) is 0 Å². The molecule has 1 aromatic carbocycles. The van der Waals surface area contributed by atoms with E-state index in [2.05, 4.69) is 15.4 Å². The molecule has 8 heteroatoms. The van der Waals surface area contributed by atoms with Crippen molar-refractivity contribution < 1.29 is 13.2 Å². The smallest absolute Gasteiger partial charge is 0.314 e. The minimum atomic E-state index is -4.37. The van der Waals surface area contributed by atoms with Gasteiger partial charge in [0, 0.05) is 24.0 Å². The zero-order valence-corrected chi connectivity index (χ0v) is 11.1. The molecule has 0 spiro atoms. The van der Waals surface area contributed by atoms with Gasteiger partial charge in [0.2, 0.25) is 0 Å². The van der Waals surface area contributed by atoms with Crippen molar-refractivity contribution in [1.82, 2.24) is 14.8 Å². The maximum absolute atomic E-state index is 12.8. The van der Waals surface area contributed by atoms with Gasteiger partial charge in [-0.3, -0.25) is 4.68 Å². The van der Waals surface area contributed by atoms with Crippen LogP contribution in [0.25, 0.3) is 10.9 Å². The minimum absolute atomic E-state index is 0.364. The van der Waals surface area contributed by atoms with Gasteiger partial charge in [0.1, 0.15) is 0 Å². The number of halogens is 3. The number of thiazole rings is 1. The molecule has 0 aliphatic carbocycles. The maximum Gasteiger partial charge on any atom is 0.416 e. The van der Waals surface area contributed by atoms with Crippen molar-refractivity contribution in [3.8, 4) is 0 Å². The monoisotopic (exact) mass is 298 g/mol. The fraction of sp³-hybridized carbons (Fsp3) is 0.167. The van der Waals surface area contributed by atoms with E-state index in [9.17, 15) is 13.2 Å². The number of aryl methyl sites for hydroxylation is 1. The van der Waals surface area contributed by atoms with Crippen LogP contribution in [-0.4, -0.2) is 14.8 Å². The second kappa shape index (κ2) is 4.48. The fourth-order valence-electron chi connectivity index (χ4n) is 1.92. The topological polar surface area (TPSA) is 42.7 Å². The van der Waals surface area contributed by atoms with Crippen molar-refractivity contribution in [2.24, 2.45) is 7.05 Å². The van der Waals surface area contributed by atoms with E-state index in [4.69, 9.17) is 0 Å². The molecule has 3 aromatic rings. The van der Waals surface area contributed by atoms with E-state index in [0.29, 0.717) is 21.9 Å². The second-order valence-corrected chi connectivity index (χ2v) is 5.06. The van der Waals surface area contributed by atoms with Gasteiger partial charge < -0.3 is 5.32 Å². The number of hydrogen-bond acceptors (Lipinski definition) is 4. The molecule has 0 atom stereocenters. The van der Waals surface area contributed by atoms with Crippen LogP contribution < -0.4 is 5.32 Å². The predicted octanol–water partition coefficient (Wildman–Crippen LogP) is 3.79. The lowest BCUT2D eigenvalue weighted by Crippen LogP contribution is -2.04. The summed E-state index contributed by atoms with van der Waals surface area (Å²) in [5.74, 6) is 0.364. The van der Waals surface area contributed by atoms with Crippen LogP contribution in [0, 0.1) is 0 Å². The quantitative estimate of drug-likeness (QED) is 0.782. The molecule has 1 N–H and O–H groups in total. The molecule has 0 aliphatic heterocycles. The molecule has 0 fully saturated rings. The average molecular weight is 298 g/mol. The summed E-state index contributed by atoms with van der Waals surface area (Å²) in [4.78, 5) is 4.03. The van der Waals surface area contributed by atoms with Gasteiger partial charge in [-0.15, -0.1) is 11.3 Å². The number of nitrogens with one attached hydrogen (secondary N) is 1. The zero-order chi connectivity index (χ0) is 14.3. The lowest BCUT2D eigenvalue weighted by molar-refractivity contribution is -0.137. The van der Waals surface area contributed by atoms with E-state index < -0.39 is 11.7 Å².